The first-order valence-electron chi connectivity index (χ1n) is 8.31. The Bertz CT molecular complexity index is 666. The van der Waals surface area contributed by atoms with E-state index in [2.05, 4.69) is 15.2 Å². The zero-order valence-corrected chi connectivity index (χ0v) is 14.8. The lowest BCUT2D eigenvalue weighted by Gasteiger charge is -2.26. The molecule has 1 aromatic heterocycles. The molecule has 0 radical (unpaired) electrons. The van der Waals surface area contributed by atoms with E-state index in [1.165, 1.54) is 0 Å². The number of aryl methyl sites for hydroxylation is 1. The zero-order chi connectivity index (χ0) is 16.8. The van der Waals surface area contributed by atoms with E-state index < -0.39 is 0 Å². The van der Waals surface area contributed by atoms with Crippen molar-refractivity contribution in [2.75, 3.05) is 39.4 Å². The van der Waals surface area contributed by atoms with E-state index in [1.807, 2.05) is 37.3 Å². The Kier molecular flexibility index (Phi) is 5.96. The van der Waals surface area contributed by atoms with Crippen molar-refractivity contribution in [2.45, 2.75) is 13.3 Å². The Morgan fingerprint density at radius 1 is 1.29 bits per heavy atom. The topological polar surface area (TPSA) is 54.5 Å². The molecule has 0 unspecified atom stereocenters. The van der Waals surface area contributed by atoms with Gasteiger partial charge in [0.1, 0.15) is 5.01 Å². The summed E-state index contributed by atoms with van der Waals surface area (Å²) < 4.78 is 5.32. The number of hydrogen-bond acceptors (Lipinski definition) is 5. The lowest BCUT2D eigenvalue weighted by molar-refractivity contribution is -0.120. The van der Waals surface area contributed by atoms with Gasteiger partial charge in [-0.15, -0.1) is 11.3 Å². The molecule has 1 amide bonds. The summed E-state index contributed by atoms with van der Waals surface area (Å²) in [6.07, 6.45) is 0.402. The number of ether oxygens (including phenoxy) is 1. The molecule has 3 rings (SSSR count). The van der Waals surface area contributed by atoms with Crippen LogP contribution in [-0.4, -0.2) is 55.2 Å². The third-order valence-electron chi connectivity index (χ3n) is 4.09. The molecule has 2 heterocycles. The van der Waals surface area contributed by atoms with Crippen LogP contribution < -0.4 is 5.32 Å². The van der Waals surface area contributed by atoms with E-state index in [4.69, 9.17) is 4.74 Å². The number of benzene rings is 1. The van der Waals surface area contributed by atoms with Gasteiger partial charge in [-0.2, -0.15) is 0 Å². The molecule has 1 N–H and O–H groups in total. The number of nitrogens with one attached hydrogen (secondary N) is 1. The maximum Gasteiger partial charge on any atom is 0.225 e. The summed E-state index contributed by atoms with van der Waals surface area (Å²) in [6, 6.07) is 10.1. The Labute approximate surface area is 146 Å². The highest BCUT2D eigenvalue weighted by Gasteiger charge is 2.14. The van der Waals surface area contributed by atoms with Gasteiger partial charge in [-0.1, -0.05) is 30.3 Å². The van der Waals surface area contributed by atoms with Crippen LogP contribution in [0.5, 0.6) is 0 Å². The maximum absolute atomic E-state index is 12.2. The Morgan fingerprint density at radius 2 is 2.04 bits per heavy atom. The van der Waals surface area contributed by atoms with Gasteiger partial charge in [-0.3, -0.25) is 9.69 Å². The maximum atomic E-state index is 12.2. The standard InChI is InChI=1S/C18H23N3O2S/c1-14-16(24-18(20-14)15-5-3-2-4-6-15)13-17(22)19-7-8-21-9-11-23-12-10-21/h2-6H,7-13H2,1H3,(H,19,22). The summed E-state index contributed by atoms with van der Waals surface area (Å²) in [5.41, 5.74) is 2.05. The normalized spacial score (nSPS) is 15.4. The Morgan fingerprint density at radius 3 is 2.79 bits per heavy atom. The van der Waals surface area contributed by atoms with Crippen LogP contribution in [0.4, 0.5) is 0 Å². The van der Waals surface area contributed by atoms with Crippen molar-refractivity contribution in [1.29, 1.82) is 0 Å². The predicted molar refractivity (Wildman–Crippen MR) is 96.3 cm³/mol. The summed E-state index contributed by atoms with van der Waals surface area (Å²) in [6.45, 7) is 7.01. The summed E-state index contributed by atoms with van der Waals surface area (Å²) in [5.74, 6) is 0.0645. The first-order chi connectivity index (χ1) is 11.7. The third kappa shape index (κ3) is 4.63. The second-order valence-electron chi connectivity index (χ2n) is 5.87. The molecule has 24 heavy (non-hydrogen) atoms. The fourth-order valence-electron chi connectivity index (χ4n) is 2.68. The first kappa shape index (κ1) is 17.1. The highest BCUT2D eigenvalue weighted by Crippen LogP contribution is 2.27. The zero-order valence-electron chi connectivity index (χ0n) is 14.0. The number of carbonyl (C=O) groups is 1. The van der Waals surface area contributed by atoms with Crippen LogP contribution in [0.25, 0.3) is 10.6 Å². The summed E-state index contributed by atoms with van der Waals surface area (Å²) >= 11 is 1.60. The van der Waals surface area contributed by atoms with E-state index in [0.717, 1.165) is 54.0 Å². The number of hydrogen-bond donors (Lipinski definition) is 1. The molecule has 0 saturated carbocycles. The fraction of sp³-hybridized carbons (Fsp3) is 0.444. The monoisotopic (exact) mass is 345 g/mol. The summed E-state index contributed by atoms with van der Waals surface area (Å²) in [7, 11) is 0. The lowest BCUT2D eigenvalue weighted by atomic mass is 10.2. The summed E-state index contributed by atoms with van der Waals surface area (Å²) in [5, 5.41) is 3.99. The van der Waals surface area contributed by atoms with Crippen molar-refractivity contribution < 1.29 is 9.53 Å². The molecule has 2 aromatic rings. The van der Waals surface area contributed by atoms with Crippen molar-refractivity contribution in [2.24, 2.45) is 0 Å². The van der Waals surface area contributed by atoms with Gasteiger partial charge in [0.25, 0.3) is 0 Å². The summed E-state index contributed by atoms with van der Waals surface area (Å²) in [4.78, 5) is 20.1. The van der Waals surface area contributed by atoms with Gasteiger partial charge in [0, 0.05) is 36.6 Å². The molecule has 1 aromatic carbocycles. The Hall–Kier alpha value is -1.76. The van der Waals surface area contributed by atoms with E-state index in [-0.39, 0.29) is 5.91 Å². The van der Waals surface area contributed by atoms with E-state index >= 15 is 0 Å². The van der Waals surface area contributed by atoms with E-state index in [0.29, 0.717) is 13.0 Å². The van der Waals surface area contributed by atoms with Crippen LogP contribution in [-0.2, 0) is 16.0 Å². The van der Waals surface area contributed by atoms with Gasteiger partial charge < -0.3 is 10.1 Å². The molecule has 128 valence electrons. The van der Waals surface area contributed by atoms with Crippen LogP contribution in [0.1, 0.15) is 10.6 Å². The van der Waals surface area contributed by atoms with Crippen molar-refractivity contribution in [3.8, 4) is 10.6 Å². The second-order valence-corrected chi connectivity index (χ2v) is 6.96. The molecule has 1 saturated heterocycles. The fourth-order valence-corrected chi connectivity index (χ4v) is 3.75. The number of nitrogens with zero attached hydrogens (tertiary/aromatic N) is 2. The molecule has 0 atom stereocenters. The smallest absolute Gasteiger partial charge is 0.225 e. The predicted octanol–water partition coefficient (Wildman–Crippen LogP) is 2.11. The average Bonchev–Trinajstić information content (AvgIpc) is 2.97. The number of carbonyl (C=O) groups excluding carboxylic acids is 1. The quantitative estimate of drug-likeness (QED) is 0.871. The minimum absolute atomic E-state index is 0.0645. The number of amides is 1. The van der Waals surface area contributed by atoms with Crippen molar-refractivity contribution in [3.63, 3.8) is 0 Å². The minimum atomic E-state index is 0.0645. The molecular formula is C18H23N3O2S. The SMILES string of the molecule is Cc1nc(-c2ccccc2)sc1CC(=O)NCCN1CCOCC1. The van der Waals surface area contributed by atoms with Gasteiger partial charge in [0.15, 0.2) is 0 Å². The highest BCUT2D eigenvalue weighted by molar-refractivity contribution is 7.15. The van der Waals surface area contributed by atoms with Crippen molar-refractivity contribution in [1.82, 2.24) is 15.2 Å². The molecule has 1 aliphatic heterocycles. The second kappa shape index (κ2) is 8.37. The van der Waals surface area contributed by atoms with Crippen LogP contribution in [0, 0.1) is 6.92 Å². The molecule has 0 spiro atoms. The van der Waals surface area contributed by atoms with Gasteiger partial charge >= 0.3 is 0 Å². The number of morpholine rings is 1. The van der Waals surface area contributed by atoms with Gasteiger partial charge in [-0.05, 0) is 6.92 Å². The van der Waals surface area contributed by atoms with Gasteiger partial charge in [0.2, 0.25) is 5.91 Å². The van der Waals surface area contributed by atoms with Gasteiger partial charge in [0.05, 0.1) is 25.3 Å². The van der Waals surface area contributed by atoms with Crippen LogP contribution in [0.15, 0.2) is 30.3 Å². The molecule has 6 heteroatoms. The van der Waals surface area contributed by atoms with Crippen molar-refractivity contribution in [3.05, 3.63) is 40.9 Å². The number of aromatic nitrogens is 1. The molecular weight excluding hydrogens is 322 g/mol. The Balaban J connectivity index is 1.50. The number of thiazole rings is 1. The van der Waals surface area contributed by atoms with E-state index in [9.17, 15) is 4.79 Å². The van der Waals surface area contributed by atoms with Crippen LogP contribution in [0.3, 0.4) is 0 Å². The third-order valence-corrected chi connectivity index (χ3v) is 5.29. The minimum Gasteiger partial charge on any atom is -0.379 e. The van der Waals surface area contributed by atoms with Crippen LogP contribution in [0.2, 0.25) is 0 Å². The molecule has 0 bridgehead atoms. The highest BCUT2D eigenvalue weighted by atomic mass is 32.1. The molecule has 1 aliphatic rings. The average molecular weight is 345 g/mol. The first-order valence-corrected chi connectivity index (χ1v) is 9.12. The van der Waals surface area contributed by atoms with Crippen molar-refractivity contribution >= 4 is 17.2 Å². The largest absolute Gasteiger partial charge is 0.379 e. The lowest BCUT2D eigenvalue weighted by Crippen LogP contribution is -2.41. The number of rotatable bonds is 6. The van der Waals surface area contributed by atoms with Gasteiger partial charge in [-0.25, -0.2) is 4.98 Å². The molecule has 1 fully saturated rings. The van der Waals surface area contributed by atoms with E-state index in [1.54, 1.807) is 11.3 Å². The molecule has 5 nitrogen and oxygen atoms in total. The van der Waals surface area contributed by atoms with Crippen LogP contribution >= 0.6 is 11.3 Å². The molecule has 0 aliphatic carbocycles.